The minimum Gasteiger partial charge on any atom is -0.380 e. The van der Waals surface area contributed by atoms with Crippen LogP contribution in [0.1, 0.15) is 5.56 Å². The highest BCUT2D eigenvalue weighted by molar-refractivity contribution is 7.92. The molecule has 106 valence electrons. The molecule has 0 saturated carbocycles. The first-order chi connectivity index (χ1) is 9.54. The van der Waals surface area contributed by atoms with Gasteiger partial charge in [0.1, 0.15) is 0 Å². The number of halogens is 1. The Morgan fingerprint density at radius 3 is 2.70 bits per heavy atom. The third-order valence-electron chi connectivity index (χ3n) is 2.54. The molecule has 0 aliphatic carbocycles. The summed E-state index contributed by atoms with van der Waals surface area (Å²) in [5, 5.41) is -0.632. The van der Waals surface area contributed by atoms with Gasteiger partial charge in [0.25, 0.3) is 10.0 Å². The summed E-state index contributed by atoms with van der Waals surface area (Å²) in [6, 6.07) is 9.10. The van der Waals surface area contributed by atoms with Crippen LogP contribution in [-0.4, -0.2) is 20.5 Å². The van der Waals surface area contributed by atoms with E-state index in [0.717, 1.165) is 6.07 Å². The maximum Gasteiger partial charge on any atom is 0.282 e. The van der Waals surface area contributed by atoms with Crippen molar-refractivity contribution in [1.82, 2.24) is 4.98 Å². The van der Waals surface area contributed by atoms with Crippen LogP contribution in [0.5, 0.6) is 0 Å². The SMILES string of the molecule is COCc1ccccc1NS(=O)(=O)c1ncccc1F. The molecule has 0 radical (unpaired) electrons. The molecule has 1 aromatic heterocycles. The average Bonchev–Trinajstić information content (AvgIpc) is 2.41. The Bertz CT molecular complexity index is 704. The zero-order valence-electron chi connectivity index (χ0n) is 10.7. The van der Waals surface area contributed by atoms with Crippen LogP contribution in [0.2, 0.25) is 0 Å². The van der Waals surface area contributed by atoms with Crippen molar-refractivity contribution in [1.29, 1.82) is 0 Å². The lowest BCUT2D eigenvalue weighted by atomic mass is 10.2. The first-order valence-corrected chi connectivity index (χ1v) is 7.23. The van der Waals surface area contributed by atoms with E-state index in [4.69, 9.17) is 4.74 Å². The third-order valence-corrected chi connectivity index (χ3v) is 3.84. The van der Waals surface area contributed by atoms with E-state index >= 15 is 0 Å². The molecule has 7 heteroatoms. The van der Waals surface area contributed by atoms with Gasteiger partial charge in [0.05, 0.1) is 12.3 Å². The van der Waals surface area contributed by atoms with Crippen molar-refractivity contribution in [3.8, 4) is 0 Å². The number of hydrogen-bond donors (Lipinski definition) is 1. The van der Waals surface area contributed by atoms with E-state index in [1.807, 2.05) is 0 Å². The summed E-state index contributed by atoms with van der Waals surface area (Å²) in [5.41, 5.74) is 0.981. The fourth-order valence-corrected chi connectivity index (χ4v) is 2.77. The van der Waals surface area contributed by atoms with Gasteiger partial charge in [-0.25, -0.2) is 9.37 Å². The van der Waals surface area contributed by atoms with Gasteiger partial charge in [-0.2, -0.15) is 8.42 Å². The van der Waals surface area contributed by atoms with Crippen LogP contribution in [0.4, 0.5) is 10.1 Å². The van der Waals surface area contributed by atoms with Crippen molar-refractivity contribution in [3.05, 3.63) is 54.0 Å². The van der Waals surface area contributed by atoms with E-state index < -0.39 is 20.9 Å². The van der Waals surface area contributed by atoms with Crippen molar-refractivity contribution in [3.63, 3.8) is 0 Å². The van der Waals surface area contributed by atoms with E-state index in [9.17, 15) is 12.8 Å². The van der Waals surface area contributed by atoms with Gasteiger partial charge in [-0.05, 0) is 18.2 Å². The van der Waals surface area contributed by atoms with E-state index in [-0.39, 0.29) is 6.61 Å². The summed E-state index contributed by atoms with van der Waals surface area (Å²) in [4.78, 5) is 3.57. The quantitative estimate of drug-likeness (QED) is 0.918. The minimum absolute atomic E-state index is 0.239. The second-order valence-corrected chi connectivity index (χ2v) is 5.58. The van der Waals surface area contributed by atoms with E-state index in [2.05, 4.69) is 9.71 Å². The number of benzene rings is 1. The summed E-state index contributed by atoms with van der Waals surface area (Å²) in [6.45, 7) is 0.239. The predicted molar refractivity (Wildman–Crippen MR) is 72.2 cm³/mol. The summed E-state index contributed by atoms with van der Waals surface area (Å²) >= 11 is 0. The predicted octanol–water partition coefficient (Wildman–Crippen LogP) is 2.17. The number of anilines is 1. The molecule has 5 nitrogen and oxygen atoms in total. The molecule has 0 aliphatic heterocycles. The lowest BCUT2D eigenvalue weighted by Crippen LogP contribution is -2.17. The molecule has 1 aromatic carbocycles. The van der Waals surface area contributed by atoms with Gasteiger partial charge in [0, 0.05) is 18.9 Å². The molecule has 0 amide bonds. The van der Waals surface area contributed by atoms with Gasteiger partial charge in [0.15, 0.2) is 5.82 Å². The lowest BCUT2D eigenvalue weighted by molar-refractivity contribution is 0.185. The first-order valence-electron chi connectivity index (χ1n) is 5.75. The third kappa shape index (κ3) is 3.12. The fourth-order valence-electron chi connectivity index (χ4n) is 1.66. The molecule has 20 heavy (non-hydrogen) atoms. The number of sulfonamides is 1. The second kappa shape index (κ2) is 5.98. The minimum atomic E-state index is -4.08. The molecule has 1 N–H and O–H groups in total. The van der Waals surface area contributed by atoms with Gasteiger partial charge < -0.3 is 4.74 Å². The Labute approximate surface area is 116 Å². The first kappa shape index (κ1) is 14.4. The Balaban J connectivity index is 2.37. The van der Waals surface area contributed by atoms with Gasteiger partial charge in [-0.3, -0.25) is 4.72 Å². The Kier molecular flexibility index (Phi) is 4.31. The summed E-state index contributed by atoms with van der Waals surface area (Å²) in [5.74, 6) is -0.899. The van der Waals surface area contributed by atoms with Crippen molar-refractivity contribution in [2.24, 2.45) is 0 Å². The van der Waals surface area contributed by atoms with Crippen LogP contribution in [0.25, 0.3) is 0 Å². The number of nitrogens with zero attached hydrogens (tertiary/aromatic N) is 1. The number of methoxy groups -OCH3 is 1. The highest BCUT2D eigenvalue weighted by Crippen LogP contribution is 2.20. The molecule has 2 rings (SSSR count). The van der Waals surface area contributed by atoms with E-state index in [1.54, 1.807) is 24.3 Å². The average molecular weight is 296 g/mol. The molecule has 0 unspecified atom stereocenters. The highest BCUT2D eigenvalue weighted by Gasteiger charge is 2.21. The molecule has 0 atom stereocenters. The van der Waals surface area contributed by atoms with Crippen LogP contribution in [-0.2, 0) is 21.4 Å². The van der Waals surface area contributed by atoms with Crippen molar-refractivity contribution < 1.29 is 17.5 Å². The molecule has 0 aliphatic rings. The standard InChI is InChI=1S/C13H13FN2O3S/c1-19-9-10-5-2-3-7-12(10)16-20(17,18)13-11(14)6-4-8-15-13/h2-8,16H,9H2,1H3. The molecule has 1 heterocycles. The van der Waals surface area contributed by atoms with Crippen molar-refractivity contribution in [2.75, 3.05) is 11.8 Å². The largest absolute Gasteiger partial charge is 0.380 e. The Hall–Kier alpha value is -1.99. The smallest absolute Gasteiger partial charge is 0.282 e. The number of hydrogen-bond acceptors (Lipinski definition) is 4. The summed E-state index contributed by atoms with van der Waals surface area (Å²) in [6.07, 6.45) is 1.22. The molecular formula is C13H13FN2O3S. The van der Waals surface area contributed by atoms with E-state index in [0.29, 0.717) is 11.3 Å². The summed E-state index contributed by atoms with van der Waals surface area (Å²) in [7, 11) is -2.57. The second-order valence-electron chi connectivity index (χ2n) is 3.99. The zero-order chi connectivity index (χ0) is 14.6. The zero-order valence-corrected chi connectivity index (χ0v) is 11.5. The number of rotatable bonds is 5. The van der Waals surface area contributed by atoms with Crippen molar-refractivity contribution in [2.45, 2.75) is 11.6 Å². The van der Waals surface area contributed by atoms with Crippen LogP contribution in [0.3, 0.4) is 0 Å². The monoisotopic (exact) mass is 296 g/mol. The van der Waals surface area contributed by atoms with Gasteiger partial charge >= 0.3 is 0 Å². The number of para-hydroxylation sites is 1. The van der Waals surface area contributed by atoms with Crippen molar-refractivity contribution >= 4 is 15.7 Å². The van der Waals surface area contributed by atoms with E-state index in [1.165, 1.54) is 19.4 Å². The Morgan fingerprint density at radius 2 is 2.00 bits per heavy atom. The molecule has 0 bridgehead atoms. The number of nitrogens with one attached hydrogen (secondary N) is 1. The van der Waals surface area contributed by atoms with Gasteiger partial charge in [-0.15, -0.1) is 0 Å². The van der Waals surface area contributed by atoms with Crippen LogP contribution in [0, 0.1) is 5.82 Å². The lowest BCUT2D eigenvalue weighted by Gasteiger charge is -2.11. The number of aromatic nitrogens is 1. The topological polar surface area (TPSA) is 68.3 Å². The number of pyridine rings is 1. The molecule has 0 spiro atoms. The van der Waals surface area contributed by atoms with Crippen LogP contribution >= 0.6 is 0 Å². The molecular weight excluding hydrogens is 283 g/mol. The van der Waals surface area contributed by atoms with Crippen LogP contribution < -0.4 is 4.72 Å². The summed E-state index contributed by atoms with van der Waals surface area (Å²) < 4.78 is 45.1. The highest BCUT2D eigenvalue weighted by atomic mass is 32.2. The fraction of sp³-hybridized carbons (Fsp3) is 0.154. The van der Waals surface area contributed by atoms with Gasteiger partial charge in [0.2, 0.25) is 5.03 Å². The molecule has 0 fully saturated rings. The Morgan fingerprint density at radius 1 is 1.25 bits per heavy atom. The van der Waals surface area contributed by atoms with Gasteiger partial charge in [-0.1, -0.05) is 18.2 Å². The maximum absolute atomic E-state index is 13.5. The van der Waals surface area contributed by atoms with Crippen LogP contribution in [0.15, 0.2) is 47.6 Å². The maximum atomic E-state index is 13.5. The normalized spacial score (nSPS) is 11.3. The molecule has 2 aromatic rings. The molecule has 0 saturated heterocycles. The number of ether oxygens (including phenoxy) is 1.